The number of likely N-dealkylation sites (tertiary alicyclic amines) is 1. The van der Waals surface area contributed by atoms with Crippen molar-refractivity contribution < 1.29 is 19.0 Å². The van der Waals surface area contributed by atoms with E-state index in [1.807, 2.05) is 4.90 Å². The first kappa shape index (κ1) is 18.5. The van der Waals surface area contributed by atoms with Gasteiger partial charge in [0.15, 0.2) is 0 Å². The third-order valence-electron chi connectivity index (χ3n) is 5.56. The van der Waals surface area contributed by atoms with Crippen molar-refractivity contribution in [2.75, 3.05) is 39.6 Å². The number of rotatable bonds is 3. The molecule has 28 heavy (non-hydrogen) atoms. The Morgan fingerprint density at radius 2 is 1.89 bits per heavy atom. The maximum Gasteiger partial charge on any atom is 0.261 e. The van der Waals surface area contributed by atoms with Crippen molar-refractivity contribution in [2.45, 2.75) is 24.9 Å². The van der Waals surface area contributed by atoms with Crippen LogP contribution in [0.25, 0.3) is 0 Å². The highest BCUT2D eigenvalue weighted by molar-refractivity contribution is 5.99. The molecule has 0 unspecified atom stereocenters. The zero-order valence-electron chi connectivity index (χ0n) is 16.1. The van der Waals surface area contributed by atoms with Gasteiger partial charge in [0, 0.05) is 19.3 Å². The molecule has 0 saturated carbocycles. The van der Waals surface area contributed by atoms with E-state index < -0.39 is 5.60 Å². The summed E-state index contributed by atoms with van der Waals surface area (Å²) in [6, 6.07) is 5.33. The van der Waals surface area contributed by atoms with Gasteiger partial charge in [0.1, 0.15) is 22.7 Å². The fourth-order valence-corrected chi connectivity index (χ4v) is 4.09. The van der Waals surface area contributed by atoms with Crippen LogP contribution in [-0.4, -0.2) is 54.7 Å². The van der Waals surface area contributed by atoms with Crippen LogP contribution in [0.5, 0.6) is 11.5 Å². The van der Waals surface area contributed by atoms with Gasteiger partial charge in [-0.15, -0.1) is 0 Å². The maximum atomic E-state index is 13.2. The Morgan fingerprint density at radius 3 is 2.54 bits per heavy atom. The Morgan fingerprint density at radius 1 is 1.21 bits per heavy atom. The second-order valence-electron chi connectivity index (χ2n) is 7.02. The summed E-state index contributed by atoms with van der Waals surface area (Å²) in [4.78, 5) is 23.6. The van der Waals surface area contributed by atoms with Gasteiger partial charge in [0.05, 0.1) is 26.5 Å². The monoisotopic (exact) mass is 384 g/mol. The van der Waals surface area contributed by atoms with Gasteiger partial charge < -0.3 is 24.8 Å². The molecule has 0 aliphatic carbocycles. The van der Waals surface area contributed by atoms with Gasteiger partial charge in [0.25, 0.3) is 5.91 Å². The molecule has 2 aromatic rings. The molecular weight excluding hydrogens is 360 g/mol. The minimum absolute atomic E-state index is 0.109. The highest BCUT2D eigenvalue weighted by Crippen LogP contribution is 2.41. The Labute approximate surface area is 163 Å². The summed E-state index contributed by atoms with van der Waals surface area (Å²) in [5.74, 6) is 1.15. The lowest BCUT2D eigenvalue weighted by atomic mass is 9.83. The van der Waals surface area contributed by atoms with Gasteiger partial charge in [-0.1, -0.05) is 6.07 Å². The second kappa shape index (κ2) is 7.27. The van der Waals surface area contributed by atoms with Crippen LogP contribution in [0.1, 0.15) is 34.5 Å². The second-order valence-corrected chi connectivity index (χ2v) is 7.02. The molecule has 1 aromatic heterocycles. The molecule has 1 spiro atoms. The van der Waals surface area contributed by atoms with E-state index in [2.05, 4.69) is 9.97 Å². The van der Waals surface area contributed by atoms with Crippen LogP contribution in [0.15, 0.2) is 24.4 Å². The molecule has 8 nitrogen and oxygen atoms in total. The number of nitrogen functional groups attached to an aromatic ring is 1. The number of carbonyl (C=O) groups excluding carboxylic acids is 1. The van der Waals surface area contributed by atoms with E-state index in [0.29, 0.717) is 49.6 Å². The molecule has 3 heterocycles. The van der Waals surface area contributed by atoms with Crippen molar-refractivity contribution >= 4 is 11.9 Å². The number of hydrogen-bond acceptors (Lipinski definition) is 7. The maximum absolute atomic E-state index is 13.2. The molecule has 2 aliphatic heterocycles. The smallest absolute Gasteiger partial charge is 0.261 e. The predicted molar refractivity (Wildman–Crippen MR) is 102 cm³/mol. The predicted octanol–water partition coefficient (Wildman–Crippen LogP) is 1.78. The van der Waals surface area contributed by atoms with Gasteiger partial charge in [-0.3, -0.25) is 4.79 Å². The number of aromatic nitrogens is 2. The topological polar surface area (TPSA) is 99.8 Å². The lowest BCUT2D eigenvalue weighted by Crippen LogP contribution is -2.49. The first-order chi connectivity index (χ1) is 13.6. The lowest BCUT2D eigenvalue weighted by Gasteiger charge is -2.44. The molecule has 148 valence electrons. The van der Waals surface area contributed by atoms with Crippen LogP contribution in [-0.2, 0) is 16.8 Å². The van der Waals surface area contributed by atoms with Gasteiger partial charge >= 0.3 is 0 Å². The summed E-state index contributed by atoms with van der Waals surface area (Å²) in [6.45, 7) is 1.71. The van der Waals surface area contributed by atoms with E-state index in [-0.39, 0.29) is 11.9 Å². The number of fused-ring (bicyclic) bond motifs is 2. The first-order valence-electron chi connectivity index (χ1n) is 9.34. The van der Waals surface area contributed by atoms with Crippen LogP contribution in [0.4, 0.5) is 5.95 Å². The highest BCUT2D eigenvalue weighted by atomic mass is 16.5. The minimum atomic E-state index is -0.508. The molecule has 1 amide bonds. The fourth-order valence-electron chi connectivity index (χ4n) is 4.09. The van der Waals surface area contributed by atoms with Crippen LogP contribution >= 0.6 is 0 Å². The standard InChI is InChI=1S/C20H24N4O4/c1-26-14-4-3-5-15(27-2)16(14)18(25)24-9-7-20(8-10-24)17-13(6-11-28-20)12-22-19(21)23-17/h3-5,12H,6-11H2,1-2H3,(H2,21,22,23). The highest BCUT2D eigenvalue weighted by Gasteiger charge is 2.43. The quantitative estimate of drug-likeness (QED) is 0.861. The number of ether oxygens (including phenoxy) is 3. The number of benzene rings is 1. The van der Waals surface area contributed by atoms with Gasteiger partial charge in [-0.05, 0) is 37.0 Å². The molecule has 0 atom stereocenters. The summed E-state index contributed by atoms with van der Waals surface area (Å²) in [5, 5.41) is 0. The van der Waals surface area contributed by atoms with Crippen LogP contribution in [0.3, 0.4) is 0 Å². The SMILES string of the molecule is COc1cccc(OC)c1C(=O)N1CCC2(CC1)OCCc1cnc(N)nc12. The van der Waals surface area contributed by atoms with Gasteiger partial charge in [-0.25, -0.2) is 9.97 Å². The first-order valence-corrected chi connectivity index (χ1v) is 9.34. The Kier molecular flexibility index (Phi) is 4.80. The fraction of sp³-hybridized carbons (Fsp3) is 0.450. The van der Waals surface area contributed by atoms with Gasteiger partial charge in [-0.2, -0.15) is 0 Å². The molecule has 1 saturated heterocycles. The van der Waals surface area contributed by atoms with Crippen molar-refractivity contribution in [3.63, 3.8) is 0 Å². The van der Waals surface area contributed by atoms with Crippen molar-refractivity contribution in [1.29, 1.82) is 0 Å². The number of amides is 1. The van der Waals surface area contributed by atoms with E-state index in [1.165, 1.54) is 0 Å². The molecule has 1 fully saturated rings. The van der Waals surface area contributed by atoms with E-state index >= 15 is 0 Å². The van der Waals surface area contributed by atoms with Gasteiger partial charge in [0.2, 0.25) is 5.95 Å². The van der Waals surface area contributed by atoms with E-state index in [9.17, 15) is 4.79 Å². The Bertz CT molecular complexity index is 872. The number of piperidine rings is 1. The normalized spacial score (nSPS) is 17.9. The minimum Gasteiger partial charge on any atom is -0.496 e. The van der Waals surface area contributed by atoms with Crippen LogP contribution in [0, 0.1) is 0 Å². The number of methoxy groups -OCH3 is 2. The average Bonchev–Trinajstić information content (AvgIpc) is 2.74. The Hall–Kier alpha value is -2.87. The average molecular weight is 384 g/mol. The lowest BCUT2D eigenvalue weighted by molar-refractivity contribution is -0.0967. The molecule has 2 N–H and O–H groups in total. The number of nitrogens with zero attached hydrogens (tertiary/aromatic N) is 3. The molecular formula is C20H24N4O4. The summed E-state index contributed by atoms with van der Waals surface area (Å²) in [6.07, 6.45) is 3.87. The van der Waals surface area contributed by atoms with Crippen molar-refractivity contribution in [2.24, 2.45) is 0 Å². The van der Waals surface area contributed by atoms with Crippen LogP contribution < -0.4 is 15.2 Å². The van der Waals surface area contributed by atoms with E-state index in [0.717, 1.165) is 17.7 Å². The van der Waals surface area contributed by atoms with Crippen LogP contribution in [0.2, 0.25) is 0 Å². The van der Waals surface area contributed by atoms with Crippen molar-refractivity contribution in [3.8, 4) is 11.5 Å². The summed E-state index contributed by atoms with van der Waals surface area (Å²) in [7, 11) is 3.10. The third kappa shape index (κ3) is 3.03. The van der Waals surface area contributed by atoms with E-state index in [4.69, 9.17) is 19.9 Å². The number of nitrogens with two attached hydrogens (primary N) is 1. The zero-order valence-corrected chi connectivity index (χ0v) is 16.1. The van der Waals surface area contributed by atoms with Crippen molar-refractivity contribution in [1.82, 2.24) is 14.9 Å². The summed E-state index contributed by atoms with van der Waals surface area (Å²) >= 11 is 0. The zero-order chi connectivity index (χ0) is 19.7. The van der Waals surface area contributed by atoms with Crippen molar-refractivity contribution in [3.05, 3.63) is 41.2 Å². The third-order valence-corrected chi connectivity index (χ3v) is 5.56. The molecule has 2 aliphatic rings. The molecule has 0 radical (unpaired) electrons. The molecule has 0 bridgehead atoms. The number of anilines is 1. The molecule has 4 rings (SSSR count). The number of carbonyl (C=O) groups is 1. The summed E-state index contributed by atoms with van der Waals surface area (Å²) in [5.41, 5.74) is 7.70. The molecule has 8 heteroatoms. The molecule has 1 aromatic carbocycles. The Balaban J connectivity index is 1.58. The van der Waals surface area contributed by atoms with E-state index in [1.54, 1.807) is 38.6 Å². The number of hydrogen-bond donors (Lipinski definition) is 1. The summed E-state index contributed by atoms with van der Waals surface area (Å²) < 4.78 is 17.0. The largest absolute Gasteiger partial charge is 0.496 e.